The van der Waals surface area contributed by atoms with Crippen molar-refractivity contribution in [3.8, 4) is 0 Å². The number of amides is 1. The summed E-state index contributed by atoms with van der Waals surface area (Å²) in [5.74, 6) is 0.607. The van der Waals surface area contributed by atoms with E-state index in [1.807, 2.05) is 4.90 Å². The lowest BCUT2D eigenvalue weighted by Crippen LogP contribution is -2.57. The highest BCUT2D eigenvalue weighted by atomic mass is 16.2. The fourth-order valence-electron chi connectivity index (χ4n) is 2.50. The molecule has 104 valence electrons. The molecular weight excluding hydrogens is 240 g/mol. The molecule has 0 bridgehead atoms. The maximum absolute atomic E-state index is 12.4. The molecule has 5 nitrogen and oxygen atoms in total. The van der Waals surface area contributed by atoms with E-state index in [1.54, 1.807) is 12.4 Å². The Bertz CT molecular complexity index is 421. The third kappa shape index (κ3) is 3.50. The maximum atomic E-state index is 12.4. The van der Waals surface area contributed by atoms with Crippen molar-refractivity contribution >= 4 is 5.91 Å². The largest absolute Gasteiger partial charge is 0.332 e. The molecule has 1 aromatic rings. The third-order valence-electron chi connectivity index (χ3n) is 3.45. The summed E-state index contributed by atoms with van der Waals surface area (Å²) in [6.07, 6.45) is 5.76. The summed E-state index contributed by atoms with van der Waals surface area (Å²) in [4.78, 5) is 22.4. The number of nitrogens with zero attached hydrogens (tertiary/aromatic N) is 3. The number of rotatable bonds is 3. The van der Waals surface area contributed by atoms with Crippen LogP contribution in [0.2, 0.25) is 0 Å². The van der Waals surface area contributed by atoms with Gasteiger partial charge in [0.15, 0.2) is 0 Å². The Balaban J connectivity index is 2.07. The summed E-state index contributed by atoms with van der Waals surface area (Å²) in [6, 6.07) is 0.565. The predicted molar refractivity (Wildman–Crippen MR) is 73.8 cm³/mol. The summed E-state index contributed by atoms with van der Waals surface area (Å²) in [7, 11) is 0. The first kappa shape index (κ1) is 13.9. The summed E-state index contributed by atoms with van der Waals surface area (Å²) in [5, 5.41) is 3.51. The van der Waals surface area contributed by atoms with Gasteiger partial charge in [0, 0.05) is 37.6 Å². The smallest absolute Gasteiger partial charge is 0.274 e. The van der Waals surface area contributed by atoms with Crippen molar-refractivity contribution in [2.75, 3.05) is 13.1 Å². The zero-order valence-electron chi connectivity index (χ0n) is 11.8. The number of hydrogen-bond donors (Lipinski definition) is 1. The van der Waals surface area contributed by atoms with Crippen molar-refractivity contribution in [2.45, 2.75) is 39.3 Å². The Labute approximate surface area is 114 Å². The third-order valence-corrected chi connectivity index (χ3v) is 3.45. The molecule has 0 aromatic carbocycles. The normalized spacial score (nSPS) is 23.7. The summed E-state index contributed by atoms with van der Waals surface area (Å²) < 4.78 is 0. The van der Waals surface area contributed by atoms with Crippen LogP contribution in [0.25, 0.3) is 0 Å². The highest BCUT2D eigenvalue weighted by Gasteiger charge is 2.30. The Morgan fingerprint density at radius 1 is 1.53 bits per heavy atom. The van der Waals surface area contributed by atoms with Crippen molar-refractivity contribution in [1.29, 1.82) is 0 Å². The molecule has 1 aromatic heterocycles. The molecule has 2 atom stereocenters. The average molecular weight is 262 g/mol. The quantitative estimate of drug-likeness (QED) is 0.892. The van der Waals surface area contributed by atoms with Crippen LogP contribution < -0.4 is 5.32 Å². The van der Waals surface area contributed by atoms with Crippen LogP contribution in [-0.2, 0) is 0 Å². The van der Waals surface area contributed by atoms with Crippen molar-refractivity contribution < 1.29 is 4.79 Å². The fourth-order valence-corrected chi connectivity index (χ4v) is 2.50. The van der Waals surface area contributed by atoms with Gasteiger partial charge in [-0.25, -0.2) is 4.98 Å². The van der Waals surface area contributed by atoms with Gasteiger partial charge in [0.05, 0.1) is 6.20 Å². The van der Waals surface area contributed by atoms with E-state index < -0.39 is 0 Å². The second kappa shape index (κ2) is 6.10. The van der Waals surface area contributed by atoms with E-state index in [-0.39, 0.29) is 11.9 Å². The lowest BCUT2D eigenvalue weighted by Gasteiger charge is -2.39. The predicted octanol–water partition coefficient (Wildman–Crippen LogP) is 1.33. The van der Waals surface area contributed by atoms with Crippen LogP contribution in [0.4, 0.5) is 0 Å². The van der Waals surface area contributed by atoms with Gasteiger partial charge >= 0.3 is 0 Å². The monoisotopic (exact) mass is 262 g/mol. The topological polar surface area (TPSA) is 58.1 Å². The molecule has 2 unspecified atom stereocenters. The van der Waals surface area contributed by atoms with E-state index in [1.165, 1.54) is 6.20 Å². The maximum Gasteiger partial charge on any atom is 0.274 e. The molecule has 1 N–H and O–H groups in total. The summed E-state index contributed by atoms with van der Waals surface area (Å²) in [6.45, 7) is 8.05. The van der Waals surface area contributed by atoms with Crippen LogP contribution in [-0.4, -0.2) is 45.9 Å². The van der Waals surface area contributed by atoms with Gasteiger partial charge in [0.2, 0.25) is 0 Å². The zero-order valence-corrected chi connectivity index (χ0v) is 11.8. The highest BCUT2D eigenvalue weighted by molar-refractivity contribution is 5.92. The number of carbonyl (C=O) groups excluding carboxylic acids is 1. The van der Waals surface area contributed by atoms with Gasteiger partial charge in [-0.3, -0.25) is 9.78 Å². The van der Waals surface area contributed by atoms with E-state index in [9.17, 15) is 4.79 Å². The SMILES string of the molecule is CC(C)CC1CN(C(=O)c2cnccn2)C(C)CN1. The number of hydrogen-bond acceptors (Lipinski definition) is 4. The molecule has 5 heteroatoms. The van der Waals surface area contributed by atoms with E-state index >= 15 is 0 Å². The first-order valence-corrected chi connectivity index (χ1v) is 6.88. The molecule has 1 aliphatic heterocycles. The number of aromatic nitrogens is 2. The summed E-state index contributed by atoms with van der Waals surface area (Å²) in [5.41, 5.74) is 0.430. The molecule has 1 fully saturated rings. The molecule has 1 amide bonds. The standard InChI is InChI=1S/C14H22N4O/c1-10(2)6-12-9-18(11(3)7-17-12)14(19)13-8-15-4-5-16-13/h4-5,8,10-12,17H,6-7,9H2,1-3H3. The van der Waals surface area contributed by atoms with E-state index in [0.717, 1.165) is 19.5 Å². The molecule has 0 spiro atoms. The first-order valence-electron chi connectivity index (χ1n) is 6.88. The Hall–Kier alpha value is -1.49. The van der Waals surface area contributed by atoms with Crippen LogP contribution in [0.5, 0.6) is 0 Å². The second-order valence-electron chi connectivity index (χ2n) is 5.63. The molecule has 0 aliphatic carbocycles. The molecule has 19 heavy (non-hydrogen) atoms. The lowest BCUT2D eigenvalue weighted by atomic mass is 10.00. The average Bonchev–Trinajstić information content (AvgIpc) is 2.40. The minimum absolute atomic E-state index is 0.0177. The fraction of sp³-hybridized carbons (Fsp3) is 0.643. The Morgan fingerprint density at radius 2 is 2.32 bits per heavy atom. The van der Waals surface area contributed by atoms with E-state index in [0.29, 0.717) is 17.7 Å². The molecule has 2 rings (SSSR count). The van der Waals surface area contributed by atoms with Gasteiger partial charge in [0.1, 0.15) is 5.69 Å². The van der Waals surface area contributed by atoms with Gasteiger partial charge in [-0.15, -0.1) is 0 Å². The van der Waals surface area contributed by atoms with Gasteiger partial charge in [-0.05, 0) is 19.3 Å². The molecule has 0 radical (unpaired) electrons. The van der Waals surface area contributed by atoms with Crippen LogP contribution >= 0.6 is 0 Å². The molecule has 0 saturated carbocycles. The van der Waals surface area contributed by atoms with Crippen molar-refractivity contribution in [1.82, 2.24) is 20.2 Å². The zero-order chi connectivity index (χ0) is 13.8. The highest BCUT2D eigenvalue weighted by Crippen LogP contribution is 2.15. The van der Waals surface area contributed by atoms with Gasteiger partial charge in [-0.2, -0.15) is 0 Å². The van der Waals surface area contributed by atoms with Crippen LogP contribution in [0.3, 0.4) is 0 Å². The van der Waals surface area contributed by atoms with Crippen molar-refractivity contribution in [2.24, 2.45) is 5.92 Å². The molecule has 1 saturated heterocycles. The van der Waals surface area contributed by atoms with Crippen LogP contribution in [0.15, 0.2) is 18.6 Å². The second-order valence-corrected chi connectivity index (χ2v) is 5.63. The number of carbonyl (C=O) groups is 1. The van der Waals surface area contributed by atoms with Crippen LogP contribution in [0, 0.1) is 5.92 Å². The van der Waals surface area contributed by atoms with E-state index in [4.69, 9.17) is 0 Å². The molecular formula is C14H22N4O. The Kier molecular flexibility index (Phi) is 4.47. The van der Waals surface area contributed by atoms with Crippen molar-refractivity contribution in [3.05, 3.63) is 24.3 Å². The molecule has 2 heterocycles. The number of piperazine rings is 1. The summed E-state index contributed by atoms with van der Waals surface area (Å²) >= 11 is 0. The van der Waals surface area contributed by atoms with Crippen LogP contribution in [0.1, 0.15) is 37.7 Å². The van der Waals surface area contributed by atoms with Gasteiger partial charge in [-0.1, -0.05) is 13.8 Å². The minimum Gasteiger partial charge on any atom is -0.332 e. The molecule has 1 aliphatic rings. The first-order chi connectivity index (χ1) is 9.08. The van der Waals surface area contributed by atoms with E-state index in [2.05, 4.69) is 36.1 Å². The number of nitrogens with one attached hydrogen (secondary N) is 1. The lowest BCUT2D eigenvalue weighted by molar-refractivity contribution is 0.0588. The van der Waals surface area contributed by atoms with Crippen molar-refractivity contribution in [3.63, 3.8) is 0 Å². The Morgan fingerprint density at radius 3 is 2.95 bits per heavy atom. The van der Waals surface area contributed by atoms with Gasteiger partial charge < -0.3 is 10.2 Å². The van der Waals surface area contributed by atoms with Gasteiger partial charge in [0.25, 0.3) is 5.91 Å². The minimum atomic E-state index is -0.0177.